The molecule has 4 nitrogen and oxygen atoms in total. The van der Waals surface area contributed by atoms with E-state index in [-0.39, 0.29) is 5.57 Å². The summed E-state index contributed by atoms with van der Waals surface area (Å²) in [5, 5.41) is 8.35. The van der Waals surface area contributed by atoms with Crippen molar-refractivity contribution in [2.45, 2.75) is 0 Å². The Morgan fingerprint density at radius 1 is 1.55 bits per heavy atom. The summed E-state index contributed by atoms with van der Waals surface area (Å²) in [5.74, 6) is -1.79. The van der Waals surface area contributed by atoms with Crippen molar-refractivity contribution in [3.63, 3.8) is 0 Å². The molecule has 0 atom stereocenters. The van der Waals surface area contributed by atoms with Crippen molar-refractivity contribution < 1.29 is 19.4 Å². The number of ether oxygens (including phenoxy) is 1. The quantitative estimate of drug-likeness (QED) is 0.349. The van der Waals surface area contributed by atoms with Gasteiger partial charge in [-0.2, -0.15) is 0 Å². The maximum atomic E-state index is 10.6. The lowest BCUT2D eigenvalue weighted by Gasteiger charge is -1.98. The van der Waals surface area contributed by atoms with E-state index in [4.69, 9.17) is 5.11 Å². The maximum Gasteiger partial charge on any atom is 0.343 e. The SMILES string of the molecule is C=CC(=O)OC(=O)C(=C)CO. The summed E-state index contributed by atoms with van der Waals surface area (Å²) in [7, 11) is 0. The molecule has 0 aromatic carbocycles. The van der Waals surface area contributed by atoms with Gasteiger partial charge in [-0.05, 0) is 0 Å². The Balaban J connectivity index is 3.97. The van der Waals surface area contributed by atoms with Crippen molar-refractivity contribution in [3.05, 3.63) is 24.8 Å². The molecule has 0 rings (SSSR count). The molecule has 0 aliphatic carbocycles. The molecule has 0 heterocycles. The molecule has 0 saturated heterocycles. The summed E-state index contributed by atoms with van der Waals surface area (Å²) >= 11 is 0. The molecule has 0 saturated carbocycles. The van der Waals surface area contributed by atoms with Crippen LogP contribution in [-0.4, -0.2) is 23.7 Å². The first kappa shape index (κ1) is 9.58. The number of hydrogen-bond donors (Lipinski definition) is 1. The minimum absolute atomic E-state index is 0.166. The van der Waals surface area contributed by atoms with E-state index in [9.17, 15) is 9.59 Å². The van der Waals surface area contributed by atoms with Crippen LogP contribution in [0, 0.1) is 0 Å². The number of carbonyl (C=O) groups excluding carboxylic acids is 2. The number of aliphatic hydroxyl groups excluding tert-OH is 1. The smallest absolute Gasteiger partial charge is 0.343 e. The van der Waals surface area contributed by atoms with E-state index in [0.717, 1.165) is 6.08 Å². The van der Waals surface area contributed by atoms with Crippen LogP contribution in [0.1, 0.15) is 0 Å². The molecule has 1 N–H and O–H groups in total. The van der Waals surface area contributed by atoms with E-state index in [1.54, 1.807) is 0 Å². The number of rotatable bonds is 3. The molecule has 0 unspecified atom stereocenters. The molecule has 0 aliphatic rings. The summed E-state index contributed by atoms with van der Waals surface area (Å²) in [4.78, 5) is 21.0. The molecule has 4 heteroatoms. The Morgan fingerprint density at radius 3 is 2.45 bits per heavy atom. The topological polar surface area (TPSA) is 63.6 Å². The Morgan fingerprint density at radius 2 is 2.09 bits per heavy atom. The lowest BCUT2D eigenvalue weighted by atomic mass is 10.3. The van der Waals surface area contributed by atoms with Gasteiger partial charge in [0, 0.05) is 6.08 Å². The Kier molecular flexibility index (Phi) is 3.84. The molecule has 60 valence electrons. The zero-order chi connectivity index (χ0) is 8.85. The average molecular weight is 156 g/mol. The zero-order valence-corrected chi connectivity index (χ0v) is 5.87. The maximum absolute atomic E-state index is 10.6. The lowest BCUT2D eigenvalue weighted by Crippen LogP contribution is -2.13. The summed E-state index contributed by atoms with van der Waals surface area (Å²) < 4.78 is 4.10. The standard InChI is InChI=1S/C7H8O4/c1-3-6(9)11-7(10)5(2)4-8/h3,8H,1-2,4H2. The van der Waals surface area contributed by atoms with Crippen molar-refractivity contribution >= 4 is 11.9 Å². The van der Waals surface area contributed by atoms with Gasteiger partial charge < -0.3 is 9.84 Å². The Bertz CT molecular complexity index is 204. The summed E-state index contributed by atoms with van der Waals surface area (Å²) in [5.41, 5.74) is -0.166. The van der Waals surface area contributed by atoms with E-state index < -0.39 is 18.5 Å². The van der Waals surface area contributed by atoms with Gasteiger partial charge in [0.25, 0.3) is 0 Å². The molecule has 0 radical (unpaired) electrons. The van der Waals surface area contributed by atoms with Crippen LogP contribution >= 0.6 is 0 Å². The highest BCUT2D eigenvalue weighted by Crippen LogP contribution is 1.93. The highest BCUT2D eigenvalue weighted by atomic mass is 16.6. The van der Waals surface area contributed by atoms with Gasteiger partial charge in [0.2, 0.25) is 0 Å². The third kappa shape index (κ3) is 3.32. The summed E-state index contributed by atoms with van der Waals surface area (Å²) in [6.07, 6.45) is 0.850. The summed E-state index contributed by atoms with van der Waals surface area (Å²) in [6, 6.07) is 0. The highest BCUT2D eigenvalue weighted by molar-refractivity contribution is 5.98. The van der Waals surface area contributed by atoms with E-state index in [0.29, 0.717) is 0 Å². The van der Waals surface area contributed by atoms with Crippen molar-refractivity contribution in [1.29, 1.82) is 0 Å². The third-order valence-electron chi connectivity index (χ3n) is 0.839. The second-order valence-corrected chi connectivity index (χ2v) is 1.67. The second-order valence-electron chi connectivity index (χ2n) is 1.67. The predicted molar refractivity (Wildman–Crippen MR) is 37.5 cm³/mol. The largest absolute Gasteiger partial charge is 0.391 e. The fourth-order valence-electron chi connectivity index (χ4n) is 0.270. The number of carbonyl (C=O) groups is 2. The molecular weight excluding hydrogens is 148 g/mol. The molecule has 0 aromatic heterocycles. The highest BCUT2D eigenvalue weighted by Gasteiger charge is 2.09. The lowest BCUT2D eigenvalue weighted by molar-refractivity contribution is -0.153. The van der Waals surface area contributed by atoms with E-state index in [1.807, 2.05) is 0 Å². The fourth-order valence-corrected chi connectivity index (χ4v) is 0.270. The van der Waals surface area contributed by atoms with Crippen molar-refractivity contribution in [3.8, 4) is 0 Å². The number of aliphatic hydroxyl groups is 1. The summed E-state index contributed by atoms with van der Waals surface area (Å²) in [6.45, 7) is 5.70. The van der Waals surface area contributed by atoms with Crippen LogP contribution in [0.4, 0.5) is 0 Å². The minimum atomic E-state index is -0.933. The average Bonchev–Trinajstić information content (AvgIpc) is 2.02. The molecule has 11 heavy (non-hydrogen) atoms. The molecular formula is C7H8O4. The van der Waals surface area contributed by atoms with Gasteiger partial charge in [-0.3, -0.25) is 0 Å². The van der Waals surface area contributed by atoms with Gasteiger partial charge in [0.1, 0.15) is 0 Å². The molecule has 0 bridgehead atoms. The van der Waals surface area contributed by atoms with E-state index in [2.05, 4.69) is 17.9 Å². The van der Waals surface area contributed by atoms with Crippen LogP contribution in [0.25, 0.3) is 0 Å². The van der Waals surface area contributed by atoms with Crippen LogP contribution in [0.3, 0.4) is 0 Å². The molecule has 0 aliphatic heterocycles. The first-order valence-electron chi connectivity index (χ1n) is 2.79. The van der Waals surface area contributed by atoms with Gasteiger partial charge in [0.15, 0.2) is 0 Å². The van der Waals surface area contributed by atoms with E-state index in [1.165, 1.54) is 0 Å². The van der Waals surface area contributed by atoms with Crippen LogP contribution in [0.5, 0.6) is 0 Å². The monoisotopic (exact) mass is 156 g/mol. The van der Waals surface area contributed by atoms with Gasteiger partial charge in [-0.15, -0.1) is 0 Å². The van der Waals surface area contributed by atoms with Gasteiger partial charge >= 0.3 is 11.9 Å². The molecule has 0 spiro atoms. The van der Waals surface area contributed by atoms with Gasteiger partial charge in [0.05, 0.1) is 12.2 Å². The van der Waals surface area contributed by atoms with Crippen LogP contribution in [-0.2, 0) is 14.3 Å². The zero-order valence-electron chi connectivity index (χ0n) is 5.87. The van der Waals surface area contributed by atoms with Crippen LogP contribution < -0.4 is 0 Å². The molecule has 0 amide bonds. The van der Waals surface area contributed by atoms with Crippen LogP contribution in [0.2, 0.25) is 0 Å². The van der Waals surface area contributed by atoms with E-state index >= 15 is 0 Å². The minimum Gasteiger partial charge on any atom is -0.391 e. The Hall–Kier alpha value is -1.42. The normalized spacial score (nSPS) is 8.45. The number of esters is 2. The molecule has 0 aromatic rings. The Labute approximate surface area is 63.8 Å². The number of hydrogen-bond acceptors (Lipinski definition) is 4. The van der Waals surface area contributed by atoms with Gasteiger partial charge in [-0.25, -0.2) is 9.59 Å². The predicted octanol–water partition coefficient (Wildman–Crippen LogP) is -0.209. The van der Waals surface area contributed by atoms with Crippen LogP contribution in [0.15, 0.2) is 24.8 Å². The second kappa shape index (κ2) is 4.40. The van der Waals surface area contributed by atoms with Crippen molar-refractivity contribution in [1.82, 2.24) is 0 Å². The third-order valence-corrected chi connectivity index (χ3v) is 0.839. The van der Waals surface area contributed by atoms with Crippen molar-refractivity contribution in [2.24, 2.45) is 0 Å². The fraction of sp³-hybridized carbons (Fsp3) is 0.143. The van der Waals surface area contributed by atoms with Crippen molar-refractivity contribution in [2.75, 3.05) is 6.61 Å². The first-order valence-corrected chi connectivity index (χ1v) is 2.79. The molecule has 0 fully saturated rings. The first-order chi connectivity index (χ1) is 5.11. The van der Waals surface area contributed by atoms with Gasteiger partial charge in [-0.1, -0.05) is 13.2 Å².